The average molecular weight is 134 g/mol. The zero-order chi connectivity index (χ0) is 5.82. The van der Waals surface area contributed by atoms with E-state index >= 15 is 0 Å². The number of rotatable bonds is 0. The molecule has 1 saturated heterocycles. The van der Waals surface area contributed by atoms with Crippen LogP contribution in [-0.2, 0) is 11.0 Å². The maximum absolute atomic E-state index is 10.6. The van der Waals surface area contributed by atoms with Gasteiger partial charge in [-0.05, 0) is 0 Å². The largest absolute Gasteiger partial charge is 0.314 e. The lowest BCUT2D eigenvalue weighted by Gasteiger charge is -1.92. The van der Waals surface area contributed by atoms with Crippen molar-refractivity contribution >= 4 is 11.0 Å². The monoisotopic (exact) mass is 134 g/mol. The van der Waals surface area contributed by atoms with E-state index in [4.69, 9.17) is 0 Å². The molecule has 3 nitrogen and oxygen atoms in total. The van der Waals surface area contributed by atoms with Crippen molar-refractivity contribution in [1.29, 1.82) is 0 Å². The molecule has 0 aliphatic carbocycles. The van der Waals surface area contributed by atoms with E-state index in [2.05, 4.69) is 10.0 Å². The minimum atomic E-state index is -0.770. The zero-order valence-corrected chi connectivity index (χ0v) is 5.46. The predicted octanol–water partition coefficient (Wildman–Crippen LogP) is -1.16. The van der Waals surface area contributed by atoms with Gasteiger partial charge in [-0.2, -0.15) is 0 Å². The van der Waals surface area contributed by atoms with Crippen LogP contribution < -0.4 is 10.0 Å². The molecule has 1 unspecified atom stereocenters. The van der Waals surface area contributed by atoms with E-state index in [0.29, 0.717) is 0 Å². The normalized spacial score (nSPS) is 31.8. The van der Waals surface area contributed by atoms with Crippen molar-refractivity contribution in [1.82, 2.24) is 10.0 Å². The Morgan fingerprint density at radius 2 is 2.12 bits per heavy atom. The molecule has 0 aromatic heterocycles. The molecule has 0 aromatic rings. The van der Waals surface area contributed by atoms with Gasteiger partial charge < -0.3 is 5.32 Å². The summed E-state index contributed by atoms with van der Waals surface area (Å²) in [7, 11) is -0.770. The molecule has 0 spiro atoms. The van der Waals surface area contributed by atoms with Crippen molar-refractivity contribution in [2.45, 2.75) is 0 Å². The topological polar surface area (TPSA) is 41.1 Å². The first-order valence-corrected chi connectivity index (χ1v) is 4.04. The number of hydrogen-bond donors (Lipinski definition) is 2. The fourth-order valence-electron chi connectivity index (χ4n) is 0.615. The Kier molecular flexibility index (Phi) is 2.45. The minimum Gasteiger partial charge on any atom is -0.314 e. The van der Waals surface area contributed by atoms with Crippen LogP contribution in [0.2, 0.25) is 0 Å². The Labute approximate surface area is 51.4 Å². The SMILES string of the molecule is O=S1CCNCCN1. The molecule has 0 aromatic carbocycles. The summed E-state index contributed by atoms with van der Waals surface area (Å²) >= 11 is 0. The summed E-state index contributed by atoms with van der Waals surface area (Å²) in [6.45, 7) is 2.64. The second kappa shape index (κ2) is 3.17. The minimum absolute atomic E-state index is 0.736. The first-order valence-electron chi connectivity index (χ1n) is 2.72. The van der Waals surface area contributed by atoms with E-state index in [0.717, 1.165) is 25.4 Å². The van der Waals surface area contributed by atoms with Crippen LogP contribution in [0.3, 0.4) is 0 Å². The van der Waals surface area contributed by atoms with Gasteiger partial charge in [0.1, 0.15) is 0 Å². The van der Waals surface area contributed by atoms with E-state index in [-0.39, 0.29) is 0 Å². The van der Waals surface area contributed by atoms with E-state index in [9.17, 15) is 4.21 Å². The third kappa shape index (κ3) is 1.90. The van der Waals surface area contributed by atoms with Crippen LogP contribution >= 0.6 is 0 Å². The van der Waals surface area contributed by atoms with Crippen LogP contribution in [-0.4, -0.2) is 29.6 Å². The van der Waals surface area contributed by atoms with Crippen molar-refractivity contribution in [3.63, 3.8) is 0 Å². The molecule has 1 aliphatic rings. The molecule has 0 bridgehead atoms. The van der Waals surface area contributed by atoms with Gasteiger partial charge in [-0.25, -0.2) is 8.93 Å². The van der Waals surface area contributed by atoms with Crippen LogP contribution in [0.15, 0.2) is 0 Å². The quantitative estimate of drug-likeness (QED) is 0.439. The van der Waals surface area contributed by atoms with Crippen LogP contribution in [0.4, 0.5) is 0 Å². The Morgan fingerprint density at radius 1 is 1.25 bits per heavy atom. The highest BCUT2D eigenvalue weighted by molar-refractivity contribution is 7.83. The lowest BCUT2D eigenvalue weighted by atomic mass is 10.6. The zero-order valence-electron chi connectivity index (χ0n) is 4.64. The lowest BCUT2D eigenvalue weighted by molar-refractivity contribution is 0.676. The van der Waals surface area contributed by atoms with Gasteiger partial charge >= 0.3 is 0 Å². The van der Waals surface area contributed by atoms with E-state index in [1.54, 1.807) is 0 Å². The third-order valence-corrected chi connectivity index (χ3v) is 2.13. The molecular formula is C4H10N2OS. The number of hydrogen-bond acceptors (Lipinski definition) is 2. The molecule has 0 amide bonds. The highest BCUT2D eigenvalue weighted by Crippen LogP contribution is 1.77. The smallest absolute Gasteiger partial charge is 0.0928 e. The van der Waals surface area contributed by atoms with Crippen LogP contribution in [0.25, 0.3) is 0 Å². The van der Waals surface area contributed by atoms with Crippen molar-refractivity contribution in [2.24, 2.45) is 0 Å². The summed E-state index contributed by atoms with van der Waals surface area (Å²) in [6.07, 6.45) is 0. The van der Waals surface area contributed by atoms with Gasteiger partial charge in [-0.3, -0.25) is 0 Å². The Bertz CT molecular complexity index is 86.0. The van der Waals surface area contributed by atoms with Gasteiger partial charge in [0.05, 0.1) is 16.7 Å². The summed E-state index contributed by atoms with van der Waals surface area (Å²) < 4.78 is 13.5. The molecule has 4 heteroatoms. The molecule has 1 heterocycles. The van der Waals surface area contributed by atoms with Crippen LogP contribution in [0, 0.1) is 0 Å². The highest BCUT2D eigenvalue weighted by atomic mass is 32.2. The lowest BCUT2D eigenvalue weighted by Crippen LogP contribution is -2.21. The van der Waals surface area contributed by atoms with E-state index in [1.807, 2.05) is 0 Å². The molecule has 8 heavy (non-hydrogen) atoms. The number of nitrogens with one attached hydrogen (secondary N) is 2. The molecule has 1 rings (SSSR count). The van der Waals surface area contributed by atoms with Gasteiger partial charge in [0, 0.05) is 19.6 Å². The predicted molar refractivity (Wildman–Crippen MR) is 33.9 cm³/mol. The van der Waals surface area contributed by atoms with Gasteiger partial charge in [-0.15, -0.1) is 0 Å². The molecule has 1 fully saturated rings. The third-order valence-electron chi connectivity index (χ3n) is 1.03. The van der Waals surface area contributed by atoms with Crippen molar-refractivity contribution in [3.8, 4) is 0 Å². The van der Waals surface area contributed by atoms with Crippen molar-refractivity contribution in [3.05, 3.63) is 0 Å². The van der Waals surface area contributed by atoms with Gasteiger partial charge in [0.25, 0.3) is 0 Å². The van der Waals surface area contributed by atoms with Crippen LogP contribution in [0.5, 0.6) is 0 Å². The Morgan fingerprint density at radius 3 is 3.00 bits per heavy atom. The summed E-state index contributed by atoms with van der Waals surface area (Å²) in [6, 6.07) is 0. The maximum atomic E-state index is 10.6. The van der Waals surface area contributed by atoms with Crippen molar-refractivity contribution in [2.75, 3.05) is 25.4 Å². The Balaban J connectivity index is 2.27. The molecule has 48 valence electrons. The molecule has 0 saturated carbocycles. The summed E-state index contributed by atoms with van der Waals surface area (Å²) in [5.41, 5.74) is 0. The first kappa shape index (κ1) is 6.19. The Hall–Kier alpha value is 0.0700. The second-order valence-corrected chi connectivity index (χ2v) is 3.08. The molecular weight excluding hydrogens is 124 g/mol. The molecule has 1 atom stereocenters. The second-order valence-electron chi connectivity index (χ2n) is 1.69. The van der Waals surface area contributed by atoms with Crippen molar-refractivity contribution < 1.29 is 4.21 Å². The van der Waals surface area contributed by atoms with Gasteiger partial charge in [-0.1, -0.05) is 0 Å². The molecule has 2 N–H and O–H groups in total. The molecule has 0 radical (unpaired) electrons. The molecule has 1 aliphatic heterocycles. The van der Waals surface area contributed by atoms with E-state index < -0.39 is 11.0 Å². The average Bonchev–Trinajstić information content (AvgIpc) is 1.94. The summed E-state index contributed by atoms with van der Waals surface area (Å²) in [5.74, 6) is 0.736. The highest BCUT2D eigenvalue weighted by Gasteiger charge is 2.01. The van der Waals surface area contributed by atoms with E-state index in [1.165, 1.54) is 0 Å². The van der Waals surface area contributed by atoms with Gasteiger partial charge in [0.15, 0.2) is 0 Å². The fraction of sp³-hybridized carbons (Fsp3) is 1.00. The van der Waals surface area contributed by atoms with Gasteiger partial charge in [0.2, 0.25) is 0 Å². The summed E-state index contributed by atoms with van der Waals surface area (Å²) in [5, 5.41) is 3.12. The van der Waals surface area contributed by atoms with Crippen LogP contribution in [0.1, 0.15) is 0 Å². The maximum Gasteiger partial charge on any atom is 0.0928 e. The first-order chi connectivity index (χ1) is 3.89. The fourth-order valence-corrected chi connectivity index (χ4v) is 1.42. The summed E-state index contributed by atoms with van der Waals surface area (Å²) in [4.78, 5) is 0. The standard InChI is InChI=1S/C4H10N2OS/c7-8-4-3-5-1-2-6-8/h5-6H,1-4H2.